The van der Waals surface area contributed by atoms with Crippen LogP contribution in [0.25, 0.3) is 0 Å². The lowest BCUT2D eigenvalue weighted by Crippen LogP contribution is -2.29. The Bertz CT molecular complexity index is 293. The van der Waals surface area contributed by atoms with Gasteiger partial charge in [-0.25, -0.2) is 0 Å². The molecule has 0 aliphatic heterocycles. The topological polar surface area (TPSA) is 33.1 Å². The normalized spacial score (nSPS) is 11.6. The van der Waals surface area contributed by atoms with Crippen molar-refractivity contribution in [2.45, 2.75) is 32.9 Å². The number of nitrogens with one attached hydrogen (secondary N) is 1. The summed E-state index contributed by atoms with van der Waals surface area (Å²) in [6, 6.07) is 0.637. The summed E-state index contributed by atoms with van der Waals surface area (Å²) >= 11 is 0. The van der Waals surface area contributed by atoms with E-state index in [1.807, 2.05) is 24.1 Å². The van der Waals surface area contributed by atoms with Crippen molar-refractivity contribution in [2.24, 2.45) is 7.05 Å². The van der Waals surface area contributed by atoms with Crippen LogP contribution in [0, 0.1) is 0 Å². The van der Waals surface area contributed by atoms with Crippen LogP contribution in [0.1, 0.15) is 25.8 Å². The molecule has 0 aromatic carbocycles. The minimum Gasteiger partial charge on any atom is -0.313 e. The largest absolute Gasteiger partial charge is 0.313 e. The van der Waals surface area contributed by atoms with Crippen LogP contribution in [0.15, 0.2) is 12.4 Å². The van der Waals surface area contributed by atoms with Gasteiger partial charge in [-0.3, -0.25) is 4.68 Å². The molecule has 0 unspecified atom stereocenters. The van der Waals surface area contributed by atoms with Gasteiger partial charge in [-0.05, 0) is 40.4 Å². The third-order valence-electron chi connectivity index (χ3n) is 2.83. The summed E-state index contributed by atoms with van der Waals surface area (Å²) in [5.74, 6) is 0. The van der Waals surface area contributed by atoms with E-state index in [-0.39, 0.29) is 0 Å². The fourth-order valence-electron chi connectivity index (χ4n) is 1.51. The molecule has 1 aromatic rings. The predicted molar refractivity (Wildman–Crippen MR) is 67.3 cm³/mol. The van der Waals surface area contributed by atoms with Crippen molar-refractivity contribution in [1.82, 2.24) is 20.0 Å². The van der Waals surface area contributed by atoms with E-state index in [9.17, 15) is 0 Å². The van der Waals surface area contributed by atoms with Crippen molar-refractivity contribution in [3.63, 3.8) is 0 Å². The van der Waals surface area contributed by atoms with Gasteiger partial charge in [0, 0.05) is 31.4 Å². The highest BCUT2D eigenvalue weighted by Crippen LogP contribution is 1.96. The molecule has 4 nitrogen and oxygen atoms in total. The Kier molecular flexibility index (Phi) is 5.49. The Morgan fingerprint density at radius 1 is 1.50 bits per heavy atom. The summed E-state index contributed by atoms with van der Waals surface area (Å²) in [5.41, 5.74) is 1.25. The average Bonchev–Trinajstić information content (AvgIpc) is 2.63. The Morgan fingerprint density at radius 2 is 2.25 bits per heavy atom. The van der Waals surface area contributed by atoms with Gasteiger partial charge in [-0.2, -0.15) is 5.10 Å². The quantitative estimate of drug-likeness (QED) is 0.707. The minimum atomic E-state index is 0.637. The zero-order chi connectivity index (χ0) is 12.0. The molecule has 0 radical (unpaired) electrons. The molecule has 0 aliphatic carbocycles. The molecule has 1 heterocycles. The van der Waals surface area contributed by atoms with Gasteiger partial charge in [0.25, 0.3) is 0 Å². The number of aryl methyl sites for hydroxylation is 1. The zero-order valence-corrected chi connectivity index (χ0v) is 10.9. The maximum absolute atomic E-state index is 4.14. The second-order valence-corrected chi connectivity index (χ2v) is 4.63. The Hall–Kier alpha value is -0.870. The maximum Gasteiger partial charge on any atom is 0.0534 e. The molecule has 1 N–H and O–H groups in total. The van der Waals surface area contributed by atoms with Crippen molar-refractivity contribution in [2.75, 3.05) is 20.1 Å². The molecule has 0 saturated carbocycles. The smallest absolute Gasteiger partial charge is 0.0534 e. The van der Waals surface area contributed by atoms with E-state index in [1.54, 1.807) is 0 Å². The van der Waals surface area contributed by atoms with E-state index in [1.165, 1.54) is 12.0 Å². The molecule has 0 fully saturated rings. The standard InChI is InChI=1S/C12H24N4/c1-11(2)15(3)7-5-6-13-8-12-9-14-16(4)10-12/h9-11,13H,5-8H2,1-4H3. The zero-order valence-electron chi connectivity index (χ0n) is 10.9. The number of hydrogen-bond donors (Lipinski definition) is 1. The SMILES string of the molecule is CC(C)N(C)CCCNCc1cnn(C)c1. The molecule has 0 spiro atoms. The fourth-order valence-corrected chi connectivity index (χ4v) is 1.51. The first-order valence-corrected chi connectivity index (χ1v) is 5.98. The first kappa shape index (κ1) is 13.2. The molecule has 1 aromatic heterocycles. The van der Waals surface area contributed by atoms with Crippen molar-refractivity contribution in [3.8, 4) is 0 Å². The lowest BCUT2D eigenvalue weighted by molar-refractivity contribution is 0.269. The summed E-state index contributed by atoms with van der Waals surface area (Å²) in [5, 5.41) is 7.56. The van der Waals surface area contributed by atoms with Gasteiger partial charge in [0.2, 0.25) is 0 Å². The highest BCUT2D eigenvalue weighted by molar-refractivity contribution is 5.02. The van der Waals surface area contributed by atoms with Gasteiger partial charge < -0.3 is 10.2 Å². The highest BCUT2D eigenvalue weighted by Gasteiger charge is 2.01. The molecule has 0 amide bonds. The van der Waals surface area contributed by atoms with Crippen LogP contribution in [-0.4, -0.2) is 40.9 Å². The van der Waals surface area contributed by atoms with Crippen LogP contribution in [0.2, 0.25) is 0 Å². The first-order valence-electron chi connectivity index (χ1n) is 5.98. The molecule has 1 rings (SSSR count). The maximum atomic E-state index is 4.14. The molecule has 92 valence electrons. The molecule has 0 aliphatic rings. The van der Waals surface area contributed by atoms with E-state index in [0.717, 1.165) is 19.6 Å². The van der Waals surface area contributed by atoms with E-state index in [4.69, 9.17) is 0 Å². The molecular formula is C12H24N4. The van der Waals surface area contributed by atoms with E-state index in [2.05, 4.69) is 36.2 Å². The number of aromatic nitrogens is 2. The molecule has 0 bridgehead atoms. The molecule has 0 saturated heterocycles. The van der Waals surface area contributed by atoms with Crippen molar-refractivity contribution >= 4 is 0 Å². The van der Waals surface area contributed by atoms with Crippen LogP contribution >= 0.6 is 0 Å². The Balaban J connectivity index is 2.04. The minimum absolute atomic E-state index is 0.637. The summed E-state index contributed by atoms with van der Waals surface area (Å²) in [6.07, 6.45) is 5.15. The van der Waals surface area contributed by atoms with Crippen molar-refractivity contribution in [1.29, 1.82) is 0 Å². The van der Waals surface area contributed by atoms with Crippen LogP contribution in [-0.2, 0) is 13.6 Å². The Labute approximate surface area is 98.6 Å². The van der Waals surface area contributed by atoms with Gasteiger partial charge in [-0.15, -0.1) is 0 Å². The van der Waals surface area contributed by atoms with Gasteiger partial charge in [-0.1, -0.05) is 0 Å². The Morgan fingerprint density at radius 3 is 2.81 bits per heavy atom. The molecule has 0 atom stereocenters. The summed E-state index contributed by atoms with van der Waals surface area (Å²) < 4.78 is 1.84. The number of hydrogen-bond acceptors (Lipinski definition) is 3. The summed E-state index contributed by atoms with van der Waals surface area (Å²) in [6.45, 7) is 7.58. The third kappa shape index (κ3) is 4.77. The van der Waals surface area contributed by atoms with Crippen LogP contribution in [0.5, 0.6) is 0 Å². The van der Waals surface area contributed by atoms with Gasteiger partial charge >= 0.3 is 0 Å². The van der Waals surface area contributed by atoms with E-state index < -0.39 is 0 Å². The number of rotatable bonds is 7. The van der Waals surface area contributed by atoms with Crippen LogP contribution in [0.4, 0.5) is 0 Å². The second kappa shape index (κ2) is 6.66. The predicted octanol–water partition coefficient (Wildman–Crippen LogP) is 1.24. The van der Waals surface area contributed by atoms with Crippen LogP contribution in [0.3, 0.4) is 0 Å². The molecular weight excluding hydrogens is 200 g/mol. The average molecular weight is 224 g/mol. The second-order valence-electron chi connectivity index (χ2n) is 4.63. The third-order valence-corrected chi connectivity index (χ3v) is 2.83. The summed E-state index contributed by atoms with van der Waals surface area (Å²) in [7, 11) is 4.12. The highest BCUT2D eigenvalue weighted by atomic mass is 15.2. The lowest BCUT2D eigenvalue weighted by Gasteiger charge is -2.20. The molecule has 16 heavy (non-hydrogen) atoms. The first-order chi connectivity index (χ1) is 7.59. The van der Waals surface area contributed by atoms with Gasteiger partial charge in [0.05, 0.1) is 6.20 Å². The monoisotopic (exact) mass is 224 g/mol. The van der Waals surface area contributed by atoms with E-state index in [0.29, 0.717) is 6.04 Å². The van der Waals surface area contributed by atoms with Crippen molar-refractivity contribution in [3.05, 3.63) is 18.0 Å². The van der Waals surface area contributed by atoms with Crippen LogP contribution < -0.4 is 5.32 Å². The van der Waals surface area contributed by atoms with Gasteiger partial charge in [0.1, 0.15) is 0 Å². The summed E-state index contributed by atoms with van der Waals surface area (Å²) in [4.78, 5) is 2.37. The fraction of sp³-hybridized carbons (Fsp3) is 0.750. The molecule has 4 heteroatoms. The van der Waals surface area contributed by atoms with E-state index >= 15 is 0 Å². The number of nitrogens with zero attached hydrogens (tertiary/aromatic N) is 3. The van der Waals surface area contributed by atoms with Gasteiger partial charge in [0.15, 0.2) is 0 Å². The lowest BCUT2D eigenvalue weighted by atomic mass is 10.3. The van der Waals surface area contributed by atoms with Crippen molar-refractivity contribution < 1.29 is 0 Å².